The van der Waals surface area contributed by atoms with Gasteiger partial charge in [0, 0.05) is 37.5 Å². The molecule has 7 nitrogen and oxygen atoms in total. The van der Waals surface area contributed by atoms with Gasteiger partial charge < -0.3 is 15.0 Å². The SMILES string of the molecule is Cc1cnc(N2CC(NC(=O)[C@H]3C[C@H](Oc4cc(F)cc5scnc45)C3)C2)nc1. The van der Waals surface area contributed by atoms with Crippen molar-refractivity contribution in [2.24, 2.45) is 5.92 Å². The number of fused-ring (bicyclic) bond motifs is 1. The van der Waals surface area contributed by atoms with Gasteiger partial charge in [0.2, 0.25) is 11.9 Å². The van der Waals surface area contributed by atoms with Crippen LogP contribution in [0.15, 0.2) is 30.0 Å². The third-order valence-corrected chi connectivity index (χ3v) is 6.18. The average Bonchev–Trinajstić information content (AvgIpc) is 3.09. The summed E-state index contributed by atoms with van der Waals surface area (Å²) in [5, 5.41) is 3.09. The summed E-state index contributed by atoms with van der Waals surface area (Å²) in [6.07, 6.45) is 4.76. The van der Waals surface area contributed by atoms with Gasteiger partial charge in [-0.2, -0.15) is 0 Å². The van der Waals surface area contributed by atoms with Gasteiger partial charge in [0.15, 0.2) is 0 Å². The first kappa shape index (κ1) is 18.2. The predicted molar refractivity (Wildman–Crippen MR) is 108 cm³/mol. The van der Waals surface area contributed by atoms with Crippen LogP contribution in [0.1, 0.15) is 18.4 Å². The highest BCUT2D eigenvalue weighted by Gasteiger charge is 2.39. The summed E-state index contributed by atoms with van der Waals surface area (Å²) in [6.45, 7) is 3.38. The standard InChI is InChI=1S/C20H20FN5O2S/c1-11-6-22-20(23-7-11)26-8-14(9-26)25-19(27)12-2-15(3-12)28-16-4-13(21)5-17-18(16)24-10-29-17/h4-7,10,12,14-15H,2-3,8-9H2,1H3,(H,25,27)/t12-,15-. The molecule has 5 rings (SSSR count). The average molecular weight is 413 g/mol. The first-order valence-corrected chi connectivity index (χ1v) is 10.5. The third kappa shape index (κ3) is 3.62. The topological polar surface area (TPSA) is 80.2 Å². The van der Waals surface area contributed by atoms with Crippen LogP contribution in [-0.2, 0) is 4.79 Å². The van der Waals surface area contributed by atoms with E-state index in [2.05, 4.69) is 20.3 Å². The number of aromatic nitrogens is 3. The van der Waals surface area contributed by atoms with E-state index in [9.17, 15) is 9.18 Å². The van der Waals surface area contributed by atoms with Crippen molar-refractivity contribution < 1.29 is 13.9 Å². The third-order valence-electron chi connectivity index (χ3n) is 5.40. The molecule has 3 aromatic rings. The molecule has 0 atom stereocenters. The number of carbonyl (C=O) groups excluding carboxylic acids is 1. The van der Waals surface area contributed by atoms with Crippen LogP contribution in [-0.4, -0.2) is 46.1 Å². The molecule has 1 aromatic carbocycles. The lowest BCUT2D eigenvalue weighted by atomic mass is 9.81. The highest BCUT2D eigenvalue weighted by Crippen LogP contribution is 2.35. The number of halogens is 1. The molecule has 1 N–H and O–H groups in total. The van der Waals surface area contributed by atoms with Crippen LogP contribution in [0.25, 0.3) is 10.2 Å². The molecule has 2 fully saturated rings. The van der Waals surface area contributed by atoms with Crippen molar-refractivity contribution in [1.82, 2.24) is 20.3 Å². The molecule has 1 saturated carbocycles. The van der Waals surface area contributed by atoms with E-state index in [4.69, 9.17) is 4.74 Å². The molecule has 1 saturated heterocycles. The zero-order valence-electron chi connectivity index (χ0n) is 15.8. The monoisotopic (exact) mass is 413 g/mol. The zero-order chi connectivity index (χ0) is 20.0. The first-order chi connectivity index (χ1) is 14.0. The minimum absolute atomic E-state index is 0.0531. The summed E-state index contributed by atoms with van der Waals surface area (Å²) < 4.78 is 20.4. The number of hydrogen-bond acceptors (Lipinski definition) is 7. The Hall–Kier alpha value is -2.81. The molecule has 0 spiro atoms. The maximum atomic E-state index is 13.7. The Morgan fingerprint density at radius 2 is 2.00 bits per heavy atom. The number of anilines is 1. The Morgan fingerprint density at radius 3 is 2.76 bits per heavy atom. The molecule has 2 aromatic heterocycles. The largest absolute Gasteiger partial charge is 0.488 e. The van der Waals surface area contributed by atoms with E-state index in [0.717, 1.165) is 10.3 Å². The maximum absolute atomic E-state index is 13.7. The van der Waals surface area contributed by atoms with Gasteiger partial charge in [-0.15, -0.1) is 11.3 Å². The lowest BCUT2D eigenvalue weighted by Crippen LogP contribution is -2.61. The van der Waals surface area contributed by atoms with Crippen molar-refractivity contribution in [2.45, 2.75) is 31.9 Å². The number of carbonyl (C=O) groups is 1. The molecule has 1 amide bonds. The first-order valence-electron chi connectivity index (χ1n) is 9.58. The Labute approximate surface area is 170 Å². The lowest BCUT2D eigenvalue weighted by Gasteiger charge is -2.41. The summed E-state index contributed by atoms with van der Waals surface area (Å²) in [7, 11) is 0. The number of thiazole rings is 1. The smallest absolute Gasteiger partial charge is 0.225 e. The Morgan fingerprint density at radius 1 is 1.24 bits per heavy atom. The van der Waals surface area contributed by atoms with Gasteiger partial charge >= 0.3 is 0 Å². The van der Waals surface area contributed by atoms with Crippen molar-refractivity contribution in [3.63, 3.8) is 0 Å². The quantitative estimate of drug-likeness (QED) is 0.693. The predicted octanol–water partition coefficient (Wildman–Crippen LogP) is 2.70. The van der Waals surface area contributed by atoms with Gasteiger partial charge in [0.05, 0.1) is 16.3 Å². The summed E-state index contributed by atoms with van der Waals surface area (Å²) >= 11 is 1.38. The highest BCUT2D eigenvalue weighted by atomic mass is 32.1. The molecule has 0 bridgehead atoms. The second-order valence-electron chi connectivity index (χ2n) is 7.68. The van der Waals surface area contributed by atoms with E-state index in [1.165, 1.54) is 23.5 Å². The van der Waals surface area contributed by atoms with E-state index in [-0.39, 0.29) is 29.8 Å². The molecule has 1 aliphatic carbocycles. The highest BCUT2D eigenvalue weighted by molar-refractivity contribution is 7.16. The molecule has 0 unspecified atom stereocenters. The normalized spacial score (nSPS) is 21.5. The van der Waals surface area contributed by atoms with Gasteiger partial charge in [-0.25, -0.2) is 19.3 Å². The Bertz CT molecular complexity index is 1040. The number of amides is 1. The molecular formula is C20H20FN5O2S. The van der Waals surface area contributed by atoms with Crippen LogP contribution in [0.4, 0.5) is 10.3 Å². The second kappa shape index (κ2) is 7.22. The van der Waals surface area contributed by atoms with E-state index in [1.54, 1.807) is 17.9 Å². The van der Waals surface area contributed by atoms with Gasteiger partial charge in [0.25, 0.3) is 0 Å². The van der Waals surface area contributed by atoms with Crippen molar-refractivity contribution in [1.29, 1.82) is 0 Å². The lowest BCUT2D eigenvalue weighted by molar-refractivity contribution is -0.131. The zero-order valence-corrected chi connectivity index (χ0v) is 16.7. The van der Waals surface area contributed by atoms with E-state index in [1.807, 2.05) is 11.8 Å². The van der Waals surface area contributed by atoms with Crippen molar-refractivity contribution >= 4 is 33.4 Å². The summed E-state index contributed by atoms with van der Waals surface area (Å²) in [5.74, 6) is 0.804. The van der Waals surface area contributed by atoms with Gasteiger partial charge in [-0.05, 0) is 31.4 Å². The summed E-state index contributed by atoms with van der Waals surface area (Å²) in [4.78, 5) is 27.4. The number of nitrogens with zero attached hydrogens (tertiary/aromatic N) is 4. The number of ether oxygens (including phenoxy) is 1. The van der Waals surface area contributed by atoms with Crippen molar-refractivity contribution in [3.05, 3.63) is 41.4 Å². The van der Waals surface area contributed by atoms with Crippen molar-refractivity contribution in [3.8, 4) is 5.75 Å². The summed E-state index contributed by atoms with van der Waals surface area (Å²) in [6, 6.07) is 2.94. The molecular weight excluding hydrogens is 393 g/mol. The van der Waals surface area contributed by atoms with E-state index >= 15 is 0 Å². The minimum atomic E-state index is -0.336. The minimum Gasteiger partial charge on any atom is -0.488 e. The van der Waals surface area contributed by atoms with E-state index < -0.39 is 0 Å². The second-order valence-corrected chi connectivity index (χ2v) is 8.57. The number of benzene rings is 1. The summed E-state index contributed by atoms with van der Waals surface area (Å²) in [5.41, 5.74) is 3.38. The number of rotatable bonds is 5. The van der Waals surface area contributed by atoms with Gasteiger partial charge in [-0.1, -0.05) is 0 Å². The number of hydrogen-bond donors (Lipinski definition) is 1. The fraction of sp³-hybridized carbons (Fsp3) is 0.400. The fourth-order valence-electron chi connectivity index (χ4n) is 3.65. The molecule has 0 radical (unpaired) electrons. The molecule has 3 heterocycles. The Balaban J connectivity index is 1.10. The molecule has 9 heteroatoms. The van der Waals surface area contributed by atoms with Crippen molar-refractivity contribution in [2.75, 3.05) is 18.0 Å². The molecule has 2 aliphatic rings. The van der Waals surface area contributed by atoms with Crippen LogP contribution < -0.4 is 15.0 Å². The van der Waals surface area contributed by atoms with Crippen LogP contribution in [0.5, 0.6) is 5.75 Å². The van der Waals surface area contributed by atoms with Crippen LogP contribution in [0, 0.1) is 18.7 Å². The van der Waals surface area contributed by atoms with Crippen LogP contribution in [0.2, 0.25) is 0 Å². The maximum Gasteiger partial charge on any atom is 0.225 e. The molecule has 1 aliphatic heterocycles. The molecule has 29 heavy (non-hydrogen) atoms. The number of nitrogens with one attached hydrogen (secondary N) is 1. The van der Waals surface area contributed by atoms with Gasteiger partial charge in [0.1, 0.15) is 23.2 Å². The van der Waals surface area contributed by atoms with Crippen LogP contribution >= 0.6 is 11.3 Å². The number of aryl methyl sites for hydroxylation is 1. The van der Waals surface area contributed by atoms with Gasteiger partial charge in [-0.3, -0.25) is 4.79 Å². The van der Waals surface area contributed by atoms with Crippen LogP contribution in [0.3, 0.4) is 0 Å². The van der Waals surface area contributed by atoms with E-state index in [0.29, 0.717) is 43.1 Å². The fourth-order valence-corrected chi connectivity index (χ4v) is 4.37. The Kier molecular flexibility index (Phi) is 4.54. The molecule has 150 valence electrons.